The van der Waals surface area contributed by atoms with Gasteiger partial charge in [0.15, 0.2) is 9.99 Å². The van der Waals surface area contributed by atoms with Crippen molar-refractivity contribution in [2.75, 3.05) is 6.26 Å². The van der Waals surface area contributed by atoms with E-state index in [0.29, 0.717) is 21.4 Å². The Hall–Kier alpha value is -1.78. The van der Waals surface area contributed by atoms with Gasteiger partial charge in [-0.2, -0.15) is 0 Å². The number of carbonyl (C=O) groups is 1. The molecule has 2 heterocycles. The number of pyridine rings is 1. The average Bonchev–Trinajstić information content (AvgIpc) is 2.99. The zero-order valence-electron chi connectivity index (χ0n) is 16.8. The molecule has 0 saturated carbocycles. The maximum Gasteiger partial charge on any atom is 0.408 e. The molecule has 1 unspecified atom stereocenters. The lowest BCUT2D eigenvalue weighted by molar-refractivity contribution is 0.0502. The van der Waals surface area contributed by atoms with Crippen molar-refractivity contribution in [1.29, 1.82) is 0 Å². The predicted molar refractivity (Wildman–Crippen MR) is 119 cm³/mol. The summed E-state index contributed by atoms with van der Waals surface area (Å²) < 4.78 is 35.2. The molecule has 1 N–H and O–H groups in total. The molecule has 160 valence electrons. The molecule has 0 saturated heterocycles. The second kappa shape index (κ2) is 9.15. The van der Waals surface area contributed by atoms with Crippen molar-refractivity contribution < 1.29 is 18.3 Å². The minimum Gasteiger partial charge on any atom is -0.444 e. The Bertz CT molecular complexity index is 1070. The van der Waals surface area contributed by atoms with Crippen molar-refractivity contribution in [3.05, 3.63) is 51.6 Å². The van der Waals surface area contributed by atoms with Crippen molar-refractivity contribution in [1.82, 2.24) is 15.3 Å². The van der Waals surface area contributed by atoms with Gasteiger partial charge in [0.05, 0.1) is 16.4 Å². The lowest BCUT2D eigenvalue weighted by Gasteiger charge is -2.24. The molecule has 0 spiro atoms. The summed E-state index contributed by atoms with van der Waals surface area (Å²) in [5, 5.41) is 2.78. The van der Waals surface area contributed by atoms with Crippen LogP contribution in [0.25, 0.3) is 10.3 Å². The topological polar surface area (TPSA) is 64.1 Å². The van der Waals surface area contributed by atoms with Crippen molar-refractivity contribution >= 4 is 55.5 Å². The van der Waals surface area contributed by atoms with Gasteiger partial charge in [0, 0.05) is 10.5 Å². The Morgan fingerprint density at radius 1 is 1.23 bits per heavy atom. The Labute approximate surface area is 189 Å². The number of benzene rings is 1. The first-order valence-electron chi connectivity index (χ1n) is 8.99. The summed E-state index contributed by atoms with van der Waals surface area (Å²) in [4.78, 5) is 21.5. The number of carbonyl (C=O) groups excluding carboxylic acids is 1. The number of nitrogens with one attached hydrogen (secondary N) is 1. The lowest BCUT2D eigenvalue weighted by atomic mass is 10.0. The Kier molecular flexibility index (Phi) is 6.98. The highest BCUT2D eigenvalue weighted by atomic mass is 79.9. The van der Waals surface area contributed by atoms with Crippen LogP contribution in [0.5, 0.6) is 0 Å². The van der Waals surface area contributed by atoms with Crippen LogP contribution in [0.1, 0.15) is 38.1 Å². The molecule has 0 aliphatic rings. The second-order valence-corrected chi connectivity index (χ2v) is 10.5. The maximum atomic E-state index is 13.7. The lowest BCUT2D eigenvalue weighted by Crippen LogP contribution is -2.36. The quantitative estimate of drug-likeness (QED) is 0.406. The number of aromatic nitrogens is 2. The van der Waals surface area contributed by atoms with Crippen LogP contribution in [0, 0.1) is 11.6 Å². The molecular weight excluding hydrogens is 496 g/mol. The third-order valence-electron chi connectivity index (χ3n) is 3.90. The van der Waals surface area contributed by atoms with Gasteiger partial charge in [0.25, 0.3) is 0 Å². The predicted octanol–water partition coefficient (Wildman–Crippen LogP) is 6.26. The first-order valence-corrected chi connectivity index (χ1v) is 11.8. The molecule has 3 rings (SSSR count). The number of rotatable bonds is 5. The third kappa shape index (κ3) is 5.89. The van der Waals surface area contributed by atoms with Crippen molar-refractivity contribution in [3.63, 3.8) is 0 Å². The highest BCUT2D eigenvalue weighted by Crippen LogP contribution is 2.33. The molecule has 0 fully saturated rings. The summed E-state index contributed by atoms with van der Waals surface area (Å²) >= 11 is 6.54. The molecule has 3 aromatic rings. The van der Waals surface area contributed by atoms with E-state index in [1.807, 2.05) is 12.3 Å². The molecule has 0 bridgehead atoms. The van der Waals surface area contributed by atoms with Gasteiger partial charge < -0.3 is 10.1 Å². The number of hydrogen-bond donors (Lipinski definition) is 1. The van der Waals surface area contributed by atoms with Gasteiger partial charge in [-0.1, -0.05) is 11.8 Å². The van der Waals surface area contributed by atoms with Crippen LogP contribution in [-0.2, 0) is 11.2 Å². The van der Waals surface area contributed by atoms with Crippen molar-refractivity contribution in [3.8, 4) is 0 Å². The van der Waals surface area contributed by atoms with Crippen LogP contribution in [0.15, 0.2) is 33.1 Å². The van der Waals surface area contributed by atoms with E-state index in [4.69, 9.17) is 4.74 Å². The number of amides is 1. The number of halogens is 3. The van der Waals surface area contributed by atoms with Crippen LogP contribution in [0.2, 0.25) is 0 Å². The van der Waals surface area contributed by atoms with Crippen LogP contribution in [0.4, 0.5) is 13.6 Å². The van der Waals surface area contributed by atoms with Crippen LogP contribution < -0.4 is 5.32 Å². The van der Waals surface area contributed by atoms with Gasteiger partial charge in [-0.25, -0.2) is 23.5 Å². The Morgan fingerprint density at radius 3 is 2.50 bits per heavy atom. The number of hydrogen-bond acceptors (Lipinski definition) is 6. The SMILES string of the molecule is CSc1nc2nc(C(Cc3cc(F)cc(F)c3)NC(=O)OC(C)(C)C)c(Br)cc2s1. The minimum absolute atomic E-state index is 0.116. The number of thioether (sulfide) groups is 1. The summed E-state index contributed by atoms with van der Waals surface area (Å²) in [7, 11) is 0. The molecule has 2 aromatic heterocycles. The standard InChI is InChI=1S/C20H20BrF2N3O2S2/c1-20(2,3)28-18(27)24-14(7-10-5-11(22)8-12(23)6-10)16-13(21)9-15-17(25-16)26-19(29-4)30-15/h5-6,8-9,14H,7H2,1-4H3,(H,24,27). The fourth-order valence-corrected chi connectivity index (χ4v) is 5.00. The Balaban J connectivity index is 2.00. The van der Waals surface area contributed by atoms with Gasteiger partial charge in [0.1, 0.15) is 17.2 Å². The van der Waals surface area contributed by atoms with E-state index in [1.54, 1.807) is 20.8 Å². The molecule has 10 heteroatoms. The van der Waals surface area contributed by atoms with E-state index < -0.39 is 29.4 Å². The smallest absolute Gasteiger partial charge is 0.408 e. The van der Waals surface area contributed by atoms with E-state index >= 15 is 0 Å². The van der Waals surface area contributed by atoms with Gasteiger partial charge in [-0.3, -0.25) is 0 Å². The minimum atomic E-state index is -0.698. The molecule has 0 aliphatic carbocycles. The number of ether oxygens (including phenoxy) is 1. The first-order chi connectivity index (χ1) is 14.0. The average molecular weight is 516 g/mol. The van der Waals surface area contributed by atoms with E-state index in [0.717, 1.165) is 15.1 Å². The van der Waals surface area contributed by atoms with Crippen LogP contribution in [0.3, 0.4) is 0 Å². The summed E-state index contributed by atoms with van der Waals surface area (Å²) in [6, 6.07) is 4.45. The fraction of sp³-hybridized carbons (Fsp3) is 0.350. The molecular formula is C20H20BrF2N3O2S2. The number of alkyl carbamates (subject to hydrolysis) is 1. The highest BCUT2D eigenvalue weighted by molar-refractivity contribution is 9.10. The highest BCUT2D eigenvalue weighted by Gasteiger charge is 2.25. The first kappa shape index (κ1) is 22.9. The fourth-order valence-electron chi connectivity index (χ4n) is 2.80. The summed E-state index contributed by atoms with van der Waals surface area (Å²) in [6.07, 6.45) is 1.39. The number of thiazole rings is 1. The van der Waals surface area contributed by atoms with Gasteiger partial charge in [-0.15, -0.1) is 11.3 Å². The van der Waals surface area contributed by atoms with Gasteiger partial charge in [-0.05, 0) is 73.1 Å². The summed E-state index contributed by atoms with van der Waals surface area (Å²) in [5.41, 5.74) is 0.724. The van der Waals surface area contributed by atoms with E-state index in [2.05, 4.69) is 31.2 Å². The number of nitrogens with zero attached hydrogens (tertiary/aromatic N) is 2. The van der Waals surface area contributed by atoms with E-state index in [1.165, 1.54) is 35.2 Å². The Morgan fingerprint density at radius 2 is 1.90 bits per heavy atom. The van der Waals surface area contributed by atoms with E-state index in [9.17, 15) is 13.6 Å². The zero-order chi connectivity index (χ0) is 22.1. The van der Waals surface area contributed by atoms with Crippen molar-refractivity contribution in [2.24, 2.45) is 0 Å². The molecule has 1 amide bonds. The molecule has 0 radical (unpaired) electrons. The number of fused-ring (bicyclic) bond motifs is 1. The molecule has 1 aromatic carbocycles. The van der Waals surface area contributed by atoms with Crippen molar-refractivity contribution in [2.45, 2.75) is 43.2 Å². The third-order valence-corrected chi connectivity index (χ3v) is 6.51. The molecule has 30 heavy (non-hydrogen) atoms. The van der Waals surface area contributed by atoms with Crippen LogP contribution in [-0.4, -0.2) is 27.9 Å². The molecule has 0 aliphatic heterocycles. The second-order valence-electron chi connectivity index (χ2n) is 7.54. The maximum absolute atomic E-state index is 13.7. The van der Waals surface area contributed by atoms with Crippen LogP contribution >= 0.6 is 39.0 Å². The largest absolute Gasteiger partial charge is 0.444 e. The zero-order valence-corrected chi connectivity index (χ0v) is 20.0. The van der Waals surface area contributed by atoms with Gasteiger partial charge >= 0.3 is 6.09 Å². The normalized spacial score (nSPS) is 12.8. The van der Waals surface area contributed by atoms with E-state index in [-0.39, 0.29) is 6.42 Å². The monoisotopic (exact) mass is 515 g/mol. The molecule has 5 nitrogen and oxygen atoms in total. The summed E-state index contributed by atoms with van der Waals surface area (Å²) in [6.45, 7) is 5.26. The summed E-state index contributed by atoms with van der Waals surface area (Å²) in [5.74, 6) is -1.37. The molecule has 1 atom stereocenters. The van der Waals surface area contributed by atoms with Gasteiger partial charge in [0.2, 0.25) is 0 Å².